The number of H-pyrrole nitrogens is 4. The summed E-state index contributed by atoms with van der Waals surface area (Å²) in [6.07, 6.45) is 5.91. The Balaban J connectivity index is 0.000000110. The second-order valence-corrected chi connectivity index (χ2v) is 32.9. The number of nitrogens with one attached hydrogen (secondary N) is 4. The third-order valence-corrected chi connectivity index (χ3v) is 22.6. The lowest BCUT2D eigenvalue weighted by molar-refractivity contribution is 0.0812. The van der Waals surface area contributed by atoms with Crippen LogP contribution in [0.2, 0.25) is 0 Å². The topological polar surface area (TPSA) is 355 Å². The molecule has 4 N–H and O–H groups in total. The van der Waals surface area contributed by atoms with Crippen LogP contribution in [0.1, 0.15) is 278 Å². The number of benzene rings is 8. The Morgan fingerprint density at radius 3 is 1.12 bits per heavy atom. The summed E-state index contributed by atoms with van der Waals surface area (Å²) in [5.41, 5.74) is 14.8. The fourth-order valence-corrected chi connectivity index (χ4v) is 16.4. The molecule has 24 nitrogen and oxygen atoms in total. The van der Waals surface area contributed by atoms with E-state index in [1.807, 2.05) is 195 Å². The number of aromatic amines is 4. The first kappa shape index (κ1) is 81.8. The Bertz CT molecular complexity index is 6760. The van der Waals surface area contributed by atoms with E-state index in [4.69, 9.17) is 0 Å². The molecule has 0 aliphatic heterocycles. The van der Waals surface area contributed by atoms with E-state index in [1.54, 1.807) is 72.8 Å². The van der Waals surface area contributed by atoms with Gasteiger partial charge in [0, 0.05) is 115 Å². The van der Waals surface area contributed by atoms with Crippen LogP contribution in [0.25, 0.3) is 78.9 Å². The van der Waals surface area contributed by atoms with Gasteiger partial charge >= 0.3 is 0 Å². The molecular formula is C99H84N12O12. The van der Waals surface area contributed by atoms with E-state index in [0.717, 1.165) is 92.3 Å². The predicted octanol–water partition coefficient (Wildman–Crippen LogP) is 18.6. The highest BCUT2D eigenvalue weighted by Crippen LogP contribution is 2.42. The van der Waals surface area contributed by atoms with Crippen LogP contribution in [-0.2, 0) is 19.0 Å². The lowest BCUT2D eigenvalue weighted by Gasteiger charge is -2.19. The average molecular weight is 1630 g/mol. The highest BCUT2D eigenvalue weighted by atomic mass is 16.2. The molecule has 24 heteroatoms. The van der Waals surface area contributed by atoms with Crippen LogP contribution in [0, 0.1) is 0 Å². The normalized spacial score (nSPS) is 14.3. The molecule has 1 fully saturated rings. The van der Waals surface area contributed by atoms with Gasteiger partial charge in [0.05, 0.1) is 11.4 Å². The van der Waals surface area contributed by atoms with Crippen LogP contribution in [0.5, 0.6) is 0 Å². The molecule has 7 aliphatic carbocycles. The largest absolute Gasteiger partial charge is 0.338 e. The molecule has 0 saturated heterocycles. The van der Waals surface area contributed by atoms with Crippen molar-refractivity contribution in [2.75, 3.05) is 0 Å². The molecule has 0 spiro atoms. The zero-order chi connectivity index (χ0) is 86.7. The van der Waals surface area contributed by atoms with E-state index in [0.29, 0.717) is 97.1 Å². The Hall–Kier alpha value is -14.9. The summed E-state index contributed by atoms with van der Waals surface area (Å²) in [6.45, 7) is 18.8. The van der Waals surface area contributed by atoms with Crippen molar-refractivity contribution < 1.29 is 57.5 Å². The summed E-state index contributed by atoms with van der Waals surface area (Å²) in [5.74, 6) is -0.296. The Kier molecular flexibility index (Phi) is 21.9. The summed E-state index contributed by atoms with van der Waals surface area (Å²) in [7, 11) is 1.89. The maximum atomic E-state index is 12.6. The van der Waals surface area contributed by atoms with Crippen LogP contribution in [0.4, 0.5) is 0 Å². The SMILES string of the molecule is CC(C)(C)c1nc2c([nH]1)C(=O)C(=O)c1ccccc1-2.CC(C)c1nc2c([nH]1)C(=O)C(=O)c1ccccc1-2.CC(C)c1nc2c(n1C)-c1ccccc1C(=O)C2=O.CC(C)c1nc2c(n1Cc1ccccc1)-c1ccccc1C(=O)C2=O.O=C1C(=O)c2[nH]c(-c3ccccc3)nc2-c2ccccc21.O=C1C(=O)c2[nH]c(C3CCCCC3)nc2-c2ccccc21. The summed E-state index contributed by atoms with van der Waals surface area (Å²) in [4.78, 5) is 185. The highest BCUT2D eigenvalue weighted by molar-refractivity contribution is 6.55. The molecule has 0 unspecified atom stereocenters. The average Bonchev–Trinajstić information content (AvgIpc) is 1.59. The molecule has 8 aromatic carbocycles. The van der Waals surface area contributed by atoms with E-state index in [9.17, 15) is 57.5 Å². The van der Waals surface area contributed by atoms with Gasteiger partial charge in [-0.25, -0.2) is 29.9 Å². The second kappa shape index (κ2) is 33.0. The monoisotopic (exact) mass is 1630 g/mol. The van der Waals surface area contributed by atoms with E-state index < -0.39 is 69.4 Å². The van der Waals surface area contributed by atoms with Gasteiger partial charge in [-0.05, 0) is 18.4 Å². The van der Waals surface area contributed by atoms with E-state index in [-0.39, 0.29) is 40.3 Å². The Labute approximate surface area is 706 Å². The third kappa shape index (κ3) is 15.0. The minimum absolute atomic E-state index is 0.143. The molecule has 0 bridgehead atoms. The lowest BCUT2D eigenvalue weighted by atomic mass is 9.89. The lowest BCUT2D eigenvalue weighted by Crippen LogP contribution is -2.22. The molecule has 21 rings (SSSR count). The first-order chi connectivity index (χ1) is 59.1. The first-order valence-electron chi connectivity index (χ1n) is 40.9. The number of hydrogen-bond acceptors (Lipinski definition) is 18. The van der Waals surface area contributed by atoms with Gasteiger partial charge in [0.15, 0.2) is 0 Å². The molecule has 14 aromatic rings. The Morgan fingerprint density at radius 2 is 0.675 bits per heavy atom. The summed E-state index contributed by atoms with van der Waals surface area (Å²) in [6, 6.07) is 62.6. The van der Waals surface area contributed by atoms with Crippen molar-refractivity contribution in [2.24, 2.45) is 7.05 Å². The van der Waals surface area contributed by atoms with Gasteiger partial charge in [0.1, 0.15) is 91.9 Å². The zero-order valence-electron chi connectivity index (χ0n) is 69.2. The number of aromatic nitrogens is 12. The van der Waals surface area contributed by atoms with Gasteiger partial charge in [0.25, 0.3) is 34.7 Å². The van der Waals surface area contributed by atoms with Crippen LogP contribution in [-0.4, -0.2) is 128 Å². The standard InChI is InChI=1S/C21H18N2O2.C17H16N2O2.C17H10N2O2.2C15H14N2O2.C14H12N2O2/c1-13(2)21-22-17-18(23(21)12-14-8-4-3-5-9-14)15-10-6-7-11-16(15)19(24)20(17)25;2*20-15-12-9-5-4-8-11(12)13-14(16(15)21)19-17(18-13)10-6-2-1-3-7-10;1-15(2,3)14-16-10-8-6-4-5-7-9(8)12(18)13(19)11(10)17-14;1-8(2)15-16-11-12(17(15)3)9-6-4-5-7-10(9)13(18)14(11)19;1-7(2)14-15-10-8-5-3-4-6-9(8)12(17)13(18)11(10)16-14/h3-11,13H,12H2,1-2H3;4-5,8-10H,1-3,6-7H2,(H,18,19);1-9H,(H,18,19);4-7H,1-3H3,(H,16,17);4-8H,1-3H3;3-7H,1-2H3,(H,15,16). The van der Waals surface area contributed by atoms with Crippen LogP contribution in [0.15, 0.2) is 206 Å². The summed E-state index contributed by atoms with van der Waals surface area (Å²) in [5, 5.41) is 0. The van der Waals surface area contributed by atoms with Crippen molar-refractivity contribution >= 4 is 69.4 Å². The molecule has 1 saturated carbocycles. The number of hydrogen-bond donors (Lipinski definition) is 4. The fourth-order valence-electron chi connectivity index (χ4n) is 16.4. The molecule has 0 atom stereocenters. The fraction of sp³-hybridized carbons (Fsp3) is 0.212. The predicted molar refractivity (Wildman–Crippen MR) is 462 cm³/mol. The van der Waals surface area contributed by atoms with Gasteiger partial charge in [-0.15, -0.1) is 0 Å². The van der Waals surface area contributed by atoms with Crippen molar-refractivity contribution in [3.05, 3.63) is 308 Å². The van der Waals surface area contributed by atoms with E-state index in [2.05, 4.69) is 66.5 Å². The molecule has 7 aliphatic rings. The molecule has 0 radical (unpaired) electrons. The quantitative estimate of drug-likeness (QED) is 0.108. The third-order valence-electron chi connectivity index (χ3n) is 22.6. The summed E-state index contributed by atoms with van der Waals surface area (Å²) < 4.78 is 4.00. The molecule has 612 valence electrons. The number of carbonyl (C=O) groups is 12. The molecular weight excluding hydrogens is 1550 g/mol. The number of nitrogens with zero attached hydrogens (tertiary/aromatic N) is 8. The smallest absolute Gasteiger partial charge is 0.254 e. The number of rotatable bonds is 7. The molecule has 123 heavy (non-hydrogen) atoms. The van der Waals surface area contributed by atoms with Gasteiger partial charge in [-0.3, -0.25) is 57.5 Å². The second-order valence-electron chi connectivity index (χ2n) is 32.9. The molecule has 0 amide bonds. The number of carbonyl (C=O) groups excluding carboxylic acids is 12. The van der Waals surface area contributed by atoms with Gasteiger partial charge in [0.2, 0.25) is 34.7 Å². The van der Waals surface area contributed by atoms with Crippen molar-refractivity contribution in [1.82, 2.24) is 59.0 Å². The first-order valence-corrected chi connectivity index (χ1v) is 40.9. The number of fused-ring (bicyclic) bond motifs is 18. The van der Waals surface area contributed by atoms with Crippen LogP contribution >= 0.6 is 0 Å². The number of imidazole rings is 6. The molecule has 6 aromatic heterocycles. The van der Waals surface area contributed by atoms with Crippen LogP contribution in [0.3, 0.4) is 0 Å². The van der Waals surface area contributed by atoms with Crippen molar-refractivity contribution in [2.45, 2.75) is 130 Å². The van der Waals surface area contributed by atoms with Gasteiger partial charge in [-0.1, -0.05) is 288 Å². The minimum Gasteiger partial charge on any atom is -0.338 e. The maximum absolute atomic E-state index is 12.6. The number of ketones is 12. The van der Waals surface area contributed by atoms with Gasteiger partial charge < -0.3 is 29.1 Å². The zero-order valence-corrected chi connectivity index (χ0v) is 69.2. The van der Waals surface area contributed by atoms with Gasteiger partial charge in [-0.2, -0.15) is 0 Å². The van der Waals surface area contributed by atoms with E-state index >= 15 is 0 Å². The van der Waals surface area contributed by atoms with Crippen molar-refractivity contribution in [3.63, 3.8) is 0 Å². The van der Waals surface area contributed by atoms with Crippen molar-refractivity contribution in [1.29, 1.82) is 0 Å². The number of Topliss-reactive ketones (excluding diaryl/α,β-unsaturated/α-hetero) is 12. The highest BCUT2D eigenvalue weighted by Gasteiger charge is 2.42. The Morgan fingerprint density at radius 1 is 0.325 bits per heavy atom. The van der Waals surface area contributed by atoms with Crippen LogP contribution < -0.4 is 0 Å². The summed E-state index contributed by atoms with van der Waals surface area (Å²) >= 11 is 0. The minimum atomic E-state index is -0.529. The van der Waals surface area contributed by atoms with Crippen molar-refractivity contribution in [3.8, 4) is 78.9 Å². The maximum Gasteiger partial charge on any atom is 0.254 e. The van der Waals surface area contributed by atoms with E-state index in [1.165, 1.54) is 19.3 Å². The molecule has 6 heterocycles.